The van der Waals surface area contributed by atoms with Gasteiger partial charge in [-0.15, -0.1) is 0 Å². The van der Waals surface area contributed by atoms with Gasteiger partial charge < -0.3 is 0 Å². The third kappa shape index (κ3) is 1.04. The van der Waals surface area contributed by atoms with Crippen molar-refractivity contribution in [2.75, 3.05) is 0 Å². The molecule has 0 saturated carbocycles. The Morgan fingerprint density at radius 3 is 2.23 bits per heavy atom. The zero-order valence-electron chi connectivity index (χ0n) is 9.02. The fourth-order valence-electron chi connectivity index (χ4n) is 2.35. The average Bonchev–Trinajstić information content (AvgIpc) is 2.20. The van der Waals surface area contributed by atoms with Crippen LogP contribution in [0.3, 0.4) is 0 Å². The maximum Gasteiger partial charge on any atom is -0.00465 e. The van der Waals surface area contributed by atoms with Crippen LogP contribution >= 0.6 is 0 Å². The molecule has 0 amide bonds. The lowest BCUT2D eigenvalue weighted by Crippen LogP contribution is -2.32. The molecule has 0 fully saturated rings. The van der Waals surface area contributed by atoms with Crippen molar-refractivity contribution >= 4 is 0 Å². The van der Waals surface area contributed by atoms with Gasteiger partial charge in [0.05, 0.1) is 0 Å². The first kappa shape index (κ1) is 8.80. The minimum Gasteiger partial charge on any atom is -0.0620 e. The fourth-order valence-corrected chi connectivity index (χ4v) is 2.35. The summed E-state index contributed by atoms with van der Waals surface area (Å²) in [5.41, 5.74) is 3.80. The van der Waals surface area contributed by atoms with Gasteiger partial charge in [0, 0.05) is 0 Å². The number of hydrogen-bond donors (Lipinski definition) is 0. The molecule has 0 bridgehead atoms. The van der Waals surface area contributed by atoms with Crippen molar-refractivity contribution in [3.63, 3.8) is 0 Å². The van der Waals surface area contributed by atoms with E-state index in [2.05, 4.69) is 52.0 Å². The predicted molar refractivity (Wildman–Crippen MR) is 57.0 cm³/mol. The molecule has 0 N–H and O–H groups in total. The van der Waals surface area contributed by atoms with Crippen LogP contribution in [0.2, 0.25) is 0 Å². The van der Waals surface area contributed by atoms with Crippen LogP contribution in [-0.2, 0) is 11.8 Å². The van der Waals surface area contributed by atoms with Crippen LogP contribution in [-0.4, -0.2) is 0 Å². The summed E-state index contributed by atoms with van der Waals surface area (Å²) < 4.78 is 0. The second-order valence-electron chi connectivity index (χ2n) is 5.34. The molecule has 13 heavy (non-hydrogen) atoms. The van der Waals surface area contributed by atoms with Crippen molar-refractivity contribution in [1.29, 1.82) is 0 Å². The lowest BCUT2D eigenvalue weighted by Gasteiger charge is -2.35. The van der Waals surface area contributed by atoms with Crippen molar-refractivity contribution in [3.05, 3.63) is 35.4 Å². The normalized spacial score (nSPS) is 22.8. The fraction of sp³-hybridized carbons (Fsp3) is 0.538. The van der Waals surface area contributed by atoms with E-state index >= 15 is 0 Å². The minimum atomic E-state index is 0.323. The van der Waals surface area contributed by atoms with E-state index in [0.717, 1.165) is 0 Å². The third-order valence-corrected chi connectivity index (χ3v) is 4.02. The van der Waals surface area contributed by atoms with E-state index in [4.69, 9.17) is 0 Å². The summed E-state index contributed by atoms with van der Waals surface area (Å²) in [7, 11) is 0. The lowest BCUT2D eigenvalue weighted by molar-refractivity contribution is 0.225. The van der Waals surface area contributed by atoms with Crippen molar-refractivity contribution in [2.45, 2.75) is 39.5 Å². The Morgan fingerprint density at radius 2 is 1.62 bits per heavy atom. The summed E-state index contributed by atoms with van der Waals surface area (Å²) in [6.07, 6.45) is 1.22. The van der Waals surface area contributed by atoms with Crippen molar-refractivity contribution in [3.8, 4) is 0 Å². The van der Waals surface area contributed by atoms with Crippen LogP contribution in [0.5, 0.6) is 0 Å². The van der Waals surface area contributed by atoms with Gasteiger partial charge in [-0.2, -0.15) is 0 Å². The van der Waals surface area contributed by atoms with Crippen LogP contribution in [0.4, 0.5) is 0 Å². The predicted octanol–water partition coefficient (Wildman–Crippen LogP) is 3.55. The summed E-state index contributed by atoms with van der Waals surface area (Å²) in [5, 5.41) is 0. The second-order valence-corrected chi connectivity index (χ2v) is 5.34. The van der Waals surface area contributed by atoms with Gasteiger partial charge in [0.15, 0.2) is 0 Å². The summed E-state index contributed by atoms with van der Waals surface area (Å²) in [6.45, 7) is 9.46. The molecule has 0 aromatic heterocycles. The molecule has 0 saturated heterocycles. The van der Waals surface area contributed by atoms with E-state index in [-0.39, 0.29) is 0 Å². The molecule has 0 heteroatoms. The maximum atomic E-state index is 2.37. The largest absolute Gasteiger partial charge is 0.0620 e. The van der Waals surface area contributed by atoms with Crippen LogP contribution in [0.25, 0.3) is 0 Å². The van der Waals surface area contributed by atoms with Gasteiger partial charge in [-0.1, -0.05) is 52.0 Å². The first-order valence-electron chi connectivity index (χ1n) is 5.03. The summed E-state index contributed by atoms with van der Waals surface area (Å²) in [5.74, 6) is 0. The quantitative estimate of drug-likeness (QED) is 0.564. The Kier molecular flexibility index (Phi) is 1.61. The maximum absolute atomic E-state index is 2.37. The number of rotatable bonds is 0. The zero-order chi connectivity index (χ0) is 9.69. The van der Waals surface area contributed by atoms with E-state index in [1.54, 1.807) is 5.56 Å². The Morgan fingerprint density at radius 1 is 1.00 bits per heavy atom. The van der Waals surface area contributed by atoms with Crippen LogP contribution < -0.4 is 0 Å². The van der Waals surface area contributed by atoms with Crippen LogP contribution in [0, 0.1) is 5.41 Å². The average molecular weight is 174 g/mol. The van der Waals surface area contributed by atoms with Gasteiger partial charge in [-0.3, -0.25) is 0 Å². The van der Waals surface area contributed by atoms with E-state index in [1.807, 2.05) is 0 Å². The molecule has 1 aromatic carbocycles. The molecule has 2 rings (SSSR count). The third-order valence-electron chi connectivity index (χ3n) is 4.02. The number of hydrogen-bond acceptors (Lipinski definition) is 0. The lowest BCUT2D eigenvalue weighted by atomic mass is 9.69. The summed E-state index contributed by atoms with van der Waals surface area (Å²) in [6, 6.07) is 8.86. The molecular weight excluding hydrogens is 156 g/mol. The topological polar surface area (TPSA) is 0 Å². The highest BCUT2D eigenvalue weighted by atomic mass is 14.5. The van der Waals surface area contributed by atoms with Gasteiger partial charge in [0.1, 0.15) is 0 Å². The van der Waals surface area contributed by atoms with Gasteiger partial charge in [-0.25, -0.2) is 0 Å². The highest BCUT2D eigenvalue weighted by molar-refractivity contribution is 5.41. The van der Waals surface area contributed by atoms with E-state index in [0.29, 0.717) is 10.8 Å². The Bertz CT molecular complexity index is 332. The van der Waals surface area contributed by atoms with E-state index in [1.165, 1.54) is 12.0 Å². The van der Waals surface area contributed by atoms with E-state index in [9.17, 15) is 0 Å². The summed E-state index contributed by atoms with van der Waals surface area (Å²) >= 11 is 0. The highest BCUT2D eigenvalue weighted by Gasteiger charge is 2.44. The standard InChI is InChI=1S/C13H18/c1-12(2)9-10-7-5-6-8-11(10)13(12,3)4/h5-8H,9H2,1-4H3. The Labute approximate surface area is 81.0 Å². The second kappa shape index (κ2) is 2.37. The molecule has 0 atom stereocenters. The molecule has 0 aliphatic heterocycles. The first-order chi connectivity index (χ1) is 5.95. The first-order valence-corrected chi connectivity index (χ1v) is 5.03. The molecule has 0 radical (unpaired) electrons. The monoisotopic (exact) mass is 174 g/mol. The van der Waals surface area contributed by atoms with Gasteiger partial charge in [0.25, 0.3) is 0 Å². The number of benzene rings is 1. The molecule has 0 nitrogen and oxygen atoms in total. The molecule has 70 valence electrons. The van der Waals surface area contributed by atoms with Crippen molar-refractivity contribution in [1.82, 2.24) is 0 Å². The highest BCUT2D eigenvalue weighted by Crippen LogP contribution is 2.50. The van der Waals surface area contributed by atoms with Gasteiger partial charge in [-0.05, 0) is 28.4 Å². The van der Waals surface area contributed by atoms with Crippen molar-refractivity contribution in [2.24, 2.45) is 5.41 Å². The van der Waals surface area contributed by atoms with Gasteiger partial charge >= 0.3 is 0 Å². The van der Waals surface area contributed by atoms with Crippen LogP contribution in [0.15, 0.2) is 24.3 Å². The zero-order valence-corrected chi connectivity index (χ0v) is 9.02. The molecule has 0 spiro atoms. The smallest absolute Gasteiger partial charge is 0.00465 e. The Balaban J connectivity index is 2.60. The van der Waals surface area contributed by atoms with Gasteiger partial charge in [0.2, 0.25) is 0 Å². The SMILES string of the molecule is CC1(C)Cc2ccccc2C1(C)C. The molecular formula is C13H18. The molecule has 1 aromatic rings. The number of fused-ring (bicyclic) bond motifs is 1. The molecule has 0 heterocycles. The minimum absolute atomic E-state index is 0.323. The molecule has 1 aliphatic carbocycles. The van der Waals surface area contributed by atoms with Crippen molar-refractivity contribution < 1.29 is 0 Å². The van der Waals surface area contributed by atoms with Crippen LogP contribution in [0.1, 0.15) is 38.8 Å². The summed E-state index contributed by atoms with van der Waals surface area (Å²) in [4.78, 5) is 0. The van der Waals surface area contributed by atoms with E-state index < -0.39 is 0 Å². The Hall–Kier alpha value is -0.780. The molecule has 0 unspecified atom stereocenters. The molecule has 1 aliphatic rings.